The van der Waals surface area contributed by atoms with Gasteiger partial charge in [0.15, 0.2) is 5.82 Å². The largest absolute Gasteiger partial charge is 0.396 e. The number of hydrogen-bond acceptors (Lipinski definition) is 3. The molecule has 0 fully saturated rings. The third-order valence-electron chi connectivity index (χ3n) is 1.44. The van der Waals surface area contributed by atoms with Gasteiger partial charge in [-0.1, -0.05) is 6.92 Å². The number of anilines is 2. The van der Waals surface area contributed by atoms with Crippen LogP contribution in [0, 0.1) is 0 Å². The number of hydrogen-bond donors (Lipinski definition) is 2. The molecule has 0 amide bonds. The van der Waals surface area contributed by atoms with Crippen LogP contribution in [-0.4, -0.2) is 14.9 Å². The quantitative estimate of drug-likeness (QED) is 0.764. The van der Waals surface area contributed by atoms with Gasteiger partial charge in [-0.15, -0.1) is 0 Å². The van der Waals surface area contributed by atoms with Crippen molar-refractivity contribution in [3.05, 3.63) is 18.3 Å². The molecule has 0 bridgehead atoms. The Labute approximate surface area is 80.1 Å². The topological polar surface area (TPSA) is 68.0 Å². The van der Waals surface area contributed by atoms with Gasteiger partial charge in [0, 0.05) is 11.9 Å². The number of nitrogens with two attached hydrogens (primary N) is 1. The van der Waals surface area contributed by atoms with Crippen LogP contribution in [0.15, 0.2) is 18.3 Å². The Morgan fingerprint density at radius 2 is 2.46 bits per heavy atom. The van der Waals surface area contributed by atoms with Gasteiger partial charge in [-0.2, -0.15) is 0 Å². The molecule has 0 saturated carbocycles. The summed E-state index contributed by atoms with van der Waals surface area (Å²) in [6, 6.07) is 3.46. The van der Waals surface area contributed by atoms with Crippen molar-refractivity contribution in [2.75, 3.05) is 16.2 Å². The van der Waals surface area contributed by atoms with Crippen molar-refractivity contribution in [1.82, 2.24) is 4.98 Å². The molecule has 0 spiro atoms. The van der Waals surface area contributed by atoms with E-state index in [0.29, 0.717) is 17.3 Å². The minimum Gasteiger partial charge on any atom is -0.396 e. The van der Waals surface area contributed by atoms with Gasteiger partial charge < -0.3 is 5.73 Å². The summed E-state index contributed by atoms with van der Waals surface area (Å²) in [7, 11) is -1.07. The number of nitrogens with one attached hydrogen (secondary N) is 1. The summed E-state index contributed by atoms with van der Waals surface area (Å²) in [5, 5.41) is 0. The third-order valence-corrected chi connectivity index (χ3v) is 2.64. The first-order valence-electron chi connectivity index (χ1n) is 4.09. The molecule has 3 N–H and O–H groups in total. The highest BCUT2D eigenvalue weighted by Gasteiger charge is 2.02. The van der Waals surface area contributed by atoms with E-state index in [0.717, 1.165) is 6.42 Å². The highest BCUT2D eigenvalue weighted by Crippen LogP contribution is 2.13. The first-order valence-corrected chi connectivity index (χ1v) is 5.41. The Hall–Kier alpha value is -1.10. The van der Waals surface area contributed by atoms with Crippen molar-refractivity contribution in [1.29, 1.82) is 0 Å². The smallest absolute Gasteiger partial charge is 0.160 e. The first kappa shape index (κ1) is 9.98. The fourth-order valence-electron chi connectivity index (χ4n) is 0.847. The Morgan fingerprint density at radius 1 is 1.69 bits per heavy atom. The Kier molecular flexibility index (Phi) is 3.70. The zero-order valence-electron chi connectivity index (χ0n) is 7.49. The Morgan fingerprint density at radius 3 is 3.08 bits per heavy atom. The fraction of sp³-hybridized carbons (Fsp3) is 0.375. The molecule has 0 aliphatic rings. The summed E-state index contributed by atoms with van der Waals surface area (Å²) in [4.78, 5) is 3.97. The van der Waals surface area contributed by atoms with Gasteiger partial charge in [-0.25, -0.2) is 9.19 Å². The number of rotatable bonds is 4. The standard InChI is InChI=1S/C8H13N3OS/c1-2-6-13(12)11-8-7(9)4-3-5-10-8/h3-5H,2,6,9H2,1H3,(H,10,11). The van der Waals surface area contributed by atoms with Crippen LogP contribution in [-0.2, 0) is 11.0 Å². The molecule has 1 atom stereocenters. The molecule has 0 radical (unpaired) electrons. The number of nitrogens with zero attached hydrogens (tertiary/aromatic N) is 1. The molecule has 1 unspecified atom stereocenters. The van der Waals surface area contributed by atoms with Gasteiger partial charge in [0.25, 0.3) is 0 Å². The minimum atomic E-state index is -1.07. The normalized spacial score (nSPS) is 12.4. The predicted octanol–water partition coefficient (Wildman–Crippen LogP) is 1.15. The van der Waals surface area contributed by atoms with E-state index in [1.54, 1.807) is 18.3 Å². The monoisotopic (exact) mass is 199 g/mol. The molecule has 13 heavy (non-hydrogen) atoms. The molecule has 1 aromatic rings. The van der Waals surface area contributed by atoms with Crippen molar-refractivity contribution in [2.24, 2.45) is 0 Å². The van der Waals surface area contributed by atoms with E-state index < -0.39 is 11.0 Å². The van der Waals surface area contributed by atoms with E-state index in [-0.39, 0.29) is 0 Å². The maximum absolute atomic E-state index is 11.3. The number of pyridine rings is 1. The van der Waals surface area contributed by atoms with Crippen LogP contribution < -0.4 is 10.5 Å². The Balaban J connectivity index is 2.63. The highest BCUT2D eigenvalue weighted by molar-refractivity contribution is 7.86. The SMILES string of the molecule is CCCS(=O)Nc1ncccc1N. The van der Waals surface area contributed by atoms with E-state index in [2.05, 4.69) is 9.71 Å². The lowest BCUT2D eigenvalue weighted by atomic mass is 10.4. The van der Waals surface area contributed by atoms with Crippen molar-refractivity contribution in [3.63, 3.8) is 0 Å². The van der Waals surface area contributed by atoms with Gasteiger partial charge in [-0.3, -0.25) is 4.72 Å². The maximum atomic E-state index is 11.3. The molecule has 72 valence electrons. The zero-order valence-corrected chi connectivity index (χ0v) is 8.30. The molecule has 0 aromatic carbocycles. The zero-order chi connectivity index (χ0) is 9.68. The third kappa shape index (κ3) is 3.02. The molecule has 5 heteroatoms. The lowest BCUT2D eigenvalue weighted by molar-refractivity contribution is 0.685. The summed E-state index contributed by atoms with van der Waals surface area (Å²) in [5.74, 6) is 1.10. The van der Waals surface area contributed by atoms with Crippen LogP contribution in [0.1, 0.15) is 13.3 Å². The summed E-state index contributed by atoms with van der Waals surface area (Å²) >= 11 is 0. The fourth-order valence-corrected chi connectivity index (χ4v) is 1.71. The van der Waals surface area contributed by atoms with Gasteiger partial charge in [-0.05, 0) is 18.6 Å². The molecule has 0 saturated heterocycles. The van der Waals surface area contributed by atoms with E-state index in [9.17, 15) is 4.21 Å². The van der Waals surface area contributed by atoms with Crippen molar-refractivity contribution >= 4 is 22.5 Å². The Bertz CT molecular complexity index is 303. The maximum Gasteiger partial charge on any atom is 0.160 e. The van der Waals surface area contributed by atoms with Crippen LogP contribution in [0.3, 0.4) is 0 Å². The average Bonchev–Trinajstić information content (AvgIpc) is 2.09. The van der Waals surface area contributed by atoms with Gasteiger partial charge in [0.2, 0.25) is 0 Å². The number of nitrogen functional groups attached to an aromatic ring is 1. The van der Waals surface area contributed by atoms with Crippen molar-refractivity contribution < 1.29 is 4.21 Å². The lowest BCUT2D eigenvalue weighted by Gasteiger charge is -2.05. The van der Waals surface area contributed by atoms with Crippen LogP contribution in [0.4, 0.5) is 11.5 Å². The minimum absolute atomic E-state index is 0.495. The van der Waals surface area contributed by atoms with Crippen LogP contribution in [0.2, 0.25) is 0 Å². The van der Waals surface area contributed by atoms with E-state index in [1.165, 1.54) is 0 Å². The second-order valence-corrected chi connectivity index (χ2v) is 3.90. The summed E-state index contributed by atoms with van der Waals surface area (Å²) < 4.78 is 14.0. The molecule has 4 nitrogen and oxygen atoms in total. The molecule has 0 aliphatic heterocycles. The van der Waals surface area contributed by atoms with E-state index in [1.807, 2.05) is 6.92 Å². The molecule has 1 rings (SSSR count). The van der Waals surface area contributed by atoms with Crippen LogP contribution in [0.5, 0.6) is 0 Å². The van der Waals surface area contributed by atoms with Gasteiger partial charge in [0.1, 0.15) is 11.0 Å². The lowest BCUT2D eigenvalue weighted by Crippen LogP contribution is -2.10. The summed E-state index contributed by atoms with van der Waals surface area (Å²) in [6.07, 6.45) is 2.48. The van der Waals surface area contributed by atoms with E-state index in [4.69, 9.17) is 5.73 Å². The summed E-state index contributed by atoms with van der Waals surface area (Å²) in [5.41, 5.74) is 6.13. The average molecular weight is 199 g/mol. The number of aromatic nitrogens is 1. The molecule has 1 heterocycles. The molecular weight excluding hydrogens is 186 g/mol. The molecule has 0 aliphatic carbocycles. The van der Waals surface area contributed by atoms with Crippen molar-refractivity contribution in [2.45, 2.75) is 13.3 Å². The second kappa shape index (κ2) is 4.81. The van der Waals surface area contributed by atoms with Gasteiger partial charge in [0.05, 0.1) is 5.69 Å². The molecule has 1 aromatic heterocycles. The van der Waals surface area contributed by atoms with E-state index >= 15 is 0 Å². The van der Waals surface area contributed by atoms with Gasteiger partial charge >= 0.3 is 0 Å². The second-order valence-electron chi connectivity index (χ2n) is 2.59. The first-order chi connectivity index (χ1) is 6.24. The van der Waals surface area contributed by atoms with Crippen LogP contribution >= 0.6 is 0 Å². The van der Waals surface area contributed by atoms with Crippen LogP contribution in [0.25, 0.3) is 0 Å². The predicted molar refractivity (Wildman–Crippen MR) is 55.6 cm³/mol. The highest BCUT2D eigenvalue weighted by atomic mass is 32.2. The van der Waals surface area contributed by atoms with Crippen molar-refractivity contribution in [3.8, 4) is 0 Å². The molecular formula is C8H13N3OS. The summed E-state index contributed by atoms with van der Waals surface area (Å²) in [6.45, 7) is 1.97.